The summed E-state index contributed by atoms with van der Waals surface area (Å²) in [6.45, 7) is 5.07. The Labute approximate surface area is 130 Å². The standard InChI is InChI=1S/C17H20N4O/c1-13-10-14(2)21(19-13)12-15-6-4-7-16(11-15)17(22)20(3)9-5-8-18/h4,6-7,10-11H,5,9,12H2,1-3H3. The van der Waals surface area contributed by atoms with Crippen molar-refractivity contribution in [2.24, 2.45) is 0 Å². The summed E-state index contributed by atoms with van der Waals surface area (Å²) >= 11 is 0. The van der Waals surface area contributed by atoms with E-state index >= 15 is 0 Å². The van der Waals surface area contributed by atoms with E-state index in [-0.39, 0.29) is 5.91 Å². The number of nitrogens with zero attached hydrogens (tertiary/aromatic N) is 4. The third-order valence-corrected chi connectivity index (χ3v) is 3.52. The Morgan fingerprint density at radius 1 is 1.36 bits per heavy atom. The third kappa shape index (κ3) is 3.73. The van der Waals surface area contributed by atoms with Gasteiger partial charge >= 0.3 is 0 Å². The highest BCUT2D eigenvalue weighted by atomic mass is 16.2. The molecule has 1 aromatic heterocycles. The molecule has 2 aromatic rings. The zero-order valence-electron chi connectivity index (χ0n) is 13.2. The lowest BCUT2D eigenvalue weighted by molar-refractivity contribution is 0.0798. The number of nitriles is 1. The molecule has 0 aliphatic rings. The largest absolute Gasteiger partial charge is 0.341 e. The number of aromatic nitrogens is 2. The molecular formula is C17H20N4O. The predicted octanol–water partition coefficient (Wildman–Crippen LogP) is 2.53. The molecule has 5 heteroatoms. The van der Waals surface area contributed by atoms with Gasteiger partial charge in [0.1, 0.15) is 0 Å². The van der Waals surface area contributed by atoms with Gasteiger partial charge in [0.15, 0.2) is 0 Å². The zero-order valence-corrected chi connectivity index (χ0v) is 13.2. The van der Waals surface area contributed by atoms with Crippen molar-refractivity contribution in [2.45, 2.75) is 26.8 Å². The Kier molecular flexibility index (Phi) is 4.95. The van der Waals surface area contributed by atoms with Crippen LogP contribution in [0.4, 0.5) is 0 Å². The minimum absolute atomic E-state index is 0.0644. The molecule has 1 aromatic carbocycles. The minimum Gasteiger partial charge on any atom is -0.341 e. The molecule has 0 N–H and O–H groups in total. The van der Waals surface area contributed by atoms with E-state index in [4.69, 9.17) is 5.26 Å². The van der Waals surface area contributed by atoms with Gasteiger partial charge in [0, 0.05) is 24.8 Å². The summed E-state index contributed by atoms with van der Waals surface area (Å²) in [5, 5.41) is 13.0. The maximum Gasteiger partial charge on any atom is 0.253 e. The van der Waals surface area contributed by atoms with Crippen molar-refractivity contribution >= 4 is 5.91 Å². The van der Waals surface area contributed by atoms with Crippen LogP contribution >= 0.6 is 0 Å². The van der Waals surface area contributed by atoms with Gasteiger partial charge in [-0.1, -0.05) is 12.1 Å². The number of hydrogen-bond acceptors (Lipinski definition) is 3. The van der Waals surface area contributed by atoms with Crippen LogP contribution in [0.25, 0.3) is 0 Å². The number of amides is 1. The van der Waals surface area contributed by atoms with Gasteiger partial charge in [-0.3, -0.25) is 9.48 Å². The SMILES string of the molecule is Cc1cc(C)n(Cc2cccc(C(=O)N(C)CCC#N)c2)n1. The van der Waals surface area contributed by atoms with Crippen LogP contribution in [0, 0.1) is 25.2 Å². The average Bonchev–Trinajstić information content (AvgIpc) is 2.82. The van der Waals surface area contributed by atoms with Crippen LogP contribution in [0.15, 0.2) is 30.3 Å². The van der Waals surface area contributed by atoms with Crippen LogP contribution in [-0.4, -0.2) is 34.2 Å². The molecule has 0 aliphatic carbocycles. The Bertz CT molecular complexity index is 712. The van der Waals surface area contributed by atoms with Gasteiger partial charge in [-0.2, -0.15) is 10.4 Å². The first-order valence-corrected chi connectivity index (χ1v) is 7.23. The minimum atomic E-state index is -0.0644. The monoisotopic (exact) mass is 296 g/mol. The first-order valence-electron chi connectivity index (χ1n) is 7.23. The summed E-state index contributed by atoms with van der Waals surface area (Å²) in [4.78, 5) is 13.9. The van der Waals surface area contributed by atoms with Crippen molar-refractivity contribution in [1.82, 2.24) is 14.7 Å². The van der Waals surface area contributed by atoms with Crippen molar-refractivity contribution in [1.29, 1.82) is 5.26 Å². The van der Waals surface area contributed by atoms with Gasteiger partial charge < -0.3 is 4.90 Å². The van der Waals surface area contributed by atoms with E-state index in [2.05, 4.69) is 11.2 Å². The summed E-state index contributed by atoms with van der Waals surface area (Å²) in [5.41, 5.74) is 3.76. The Hall–Kier alpha value is -2.61. The molecule has 0 bridgehead atoms. The van der Waals surface area contributed by atoms with Gasteiger partial charge in [-0.15, -0.1) is 0 Å². The third-order valence-electron chi connectivity index (χ3n) is 3.52. The molecule has 114 valence electrons. The predicted molar refractivity (Wildman–Crippen MR) is 84.4 cm³/mol. The van der Waals surface area contributed by atoms with E-state index in [9.17, 15) is 4.79 Å². The summed E-state index contributed by atoms with van der Waals surface area (Å²) in [5.74, 6) is -0.0644. The van der Waals surface area contributed by atoms with Gasteiger partial charge in [0.25, 0.3) is 5.91 Å². The number of rotatable bonds is 5. The second kappa shape index (κ2) is 6.90. The lowest BCUT2D eigenvalue weighted by Crippen LogP contribution is -2.27. The maximum atomic E-state index is 12.3. The molecular weight excluding hydrogens is 276 g/mol. The second-order valence-corrected chi connectivity index (χ2v) is 5.42. The molecule has 2 rings (SSSR count). The molecule has 0 spiro atoms. The average molecular weight is 296 g/mol. The Morgan fingerprint density at radius 2 is 2.14 bits per heavy atom. The number of benzene rings is 1. The maximum absolute atomic E-state index is 12.3. The van der Waals surface area contributed by atoms with E-state index in [1.807, 2.05) is 42.8 Å². The lowest BCUT2D eigenvalue weighted by atomic mass is 10.1. The van der Waals surface area contributed by atoms with Crippen LogP contribution in [-0.2, 0) is 6.54 Å². The molecule has 0 unspecified atom stereocenters. The summed E-state index contributed by atoms with van der Waals surface area (Å²) < 4.78 is 1.93. The van der Waals surface area contributed by atoms with E-state index in [1.165, 1.54) is 0 Å². The fourth-order valence-corrected chi connectivity index (χ4v) is 2.35. The first kappa shape index (κ1) is 15.8. The highest BCUT2D eigenvalue weighted by Gasteiger charge is 2.12. The number of carbonyl (C=O) groups is 1. The molecule has 22 heavy (non-hydrogen) atoms. The fraction of sp³-hybridized carbons (Fsp3) is 0.353. The lowest BCUT2D eigenvalue weighted by Gasteiger charge is -2.16. The van der Waals surface area contributed by atoms with Crippen molar-refractivity contribution in [3.05, 3.63) is 52.8 Å². The summed E-state index contributed by atoms with van der Waals surface area (Å²) in [6.07, 6.45) is 0.341. The van der Waals surface area contributed by atoms with Crippen molar-refractivity contribution < 1.29 is 4.79 Å². The quantitative estimate of drug-likeness (QED) is 0.851. The van der Waals surface area contributed by atoms with Crippen LogP contribution in [0.3, 0.4) is 0 Å². The van der Waals surface area contributed by atoms with E-state index in [0.717, 1.165) is 17.0 Å². The Morgan fingerprint density at radius 3 is 2.77 bits per heavy atom. The van der Waals surface area contributed by atoms with Crippen molar-refractivity contribution in [3.63, 3.8) is 0 Å². The number of carbonyl (C=O) groups excluding carboxylic acids is 1. The van der Waals surface area contributed by atoms with Gasteiger partial charge in [-0.05, 0) is 37.6 Å². The van der Waals surface area contributed by atoms with Gasteiger partial charge in [-0.25, -0.2) is 0 Å². The normalized spacial score (nSPS) is 10.3. The smallest absolute Gasteiger partial charge is 0.253 e. The number of hydrogen-bond donors (Lipinski definition) is 0. The summed E-state index contributed by atoms with van der Waals surface area (Å²) in [7, 11) is 1.72. The van der Waals surface area contributed by atoms with Gasteiger partial charge in [0.2, 0.25) is 0 Å². The second-order valence-electron chi connectivity index (χ2n) is 5.42. The van der Waals surface area contributed by atoms with Crippen molar-refractivity contribution in [3.8, 4) is 6.07 Å². The molecule has 0 saturated carbocycles. The van der Waals surface area contributed by atoms with E-state index < -0.39 is 0 Å². The van der Waals surface area contributed by atoms with Crippen molar-refractivity contribution in [2.75, 3.05) is 13.6 Å². The highest BCUT2D eigenvalue weighted by molar-refractivity contribution is 5.94. The van der Waals surface area contributed by atoms with Crippen LogP contribution in [0.2, 0.25) is 0 Å². The van der Waals surface area contributed by atoms with Gasteiger partial charge in [0.05, 0.1) is 24.7 Å². The number of aryl methyl sites for hydroxylation is 2. The molecule has 1 amide bonds. The highest BCUT2D eigenvalue weighted by Crippen LogP contribution is 2.11. The van der Waals surface area contributed by atoms with Crippen LogP contribution in [0.5, 0.6) is 0 Å². The van der Waals surface area contributed by atoms with Crippen LogP contribution in [0.1, 0.15) is 33.7 Å². The van der Waals surface area contributed by atoms with Crippen LogP contribution < -0.4 is 0 Å². The zero-order chi connectivity index (χ0) is 16.1. The molecule has 1 heterocycles. The molecule has 0 radical (unpaired) electrons. The molecule has 0 fully saturated rings. The molecule has 0 atom stereocenters. The Balaban J connectivity index is 2.14. The van der Waals surface area contributed by atoms with E-state index in [1.54, 1.807) is 18.0 Å². The summed E-state index contributed by atoms with van der Waals surface area (Å²) in [6, 6.07) is 11.6. The first-order chi connectivity index (χ1) is 10.5. The topological polar surface area (TPSA) is 61.9 Å². The molecule has 0 saturated heterocycles. The molecule has 5 nitrogen and oxygen atoms in total. The van der Waals surface area contributed by atoms with E-state index in [0.29, 0.717) is 25.1 Å². The fourth-order valence-electron chi connectivity index (χ4n) is 2.35. The molecule has 0 aliphatic heterocycles.